The van der Waals surface area contributed by atoms with E-state index in [1.54, 1.807) is 60.7 Å². The molecule has 8 nitrogen and oxygen atoms in total. The fraction of sp³-hybridized carbons (Fsp3) is 0.238. The van der Waals surface area contributed by atoms with Gasteiger partial charge in [0.05, 0.1) is 5.69 Å². The number of carboxylic acids is 2. The van der Waals surface area contributed by atoms with Gasteiger partial charge in [0.1, 0.15) is 5.54 Å². The summed E-state index contributed by atoms with van der Waals surface area (Å²) in [6.07, 6.45) is -1.16. The van der Waals surface area contributed by atoms with Gasteiger partial charge >= 0.3 is 18.0 Å². The normalized spacial score (nSPS) is 15.6. The highest BCUT2D eigenvalue weighted by molar-refractivity contribution is 6.30. The van der Waals surface area contributed by atoms with Gasteiger partial charge in [-0.25, -0.2) is 9.69 Å². The number of imide groups is 1. The van der Waals surface area contributed by atoms with Crippen LogP contribution in [0.5, 0.6) is 0 Å². The zero-order valence-electron chi connectivity index (χ0n) is 15.5. The van der Waals surface area contributed by atoms with Crippen molar-refractivity contribution in [3.8, 4) is 0 Å². The molecule has 1 fully saturated rings. The summed E-state index contributed by atoms with van der Waals surface area (Å²) >= 11 is 0. The van der Waals surface area contributed by atoms with Gasteiger partial charge in [-0.15, -0.1) is 0 Å². The first kappa shape index (κ1) is 20.1. The number of hydrogen-bond acceptors (Lipinski definition) is 4. The van der Waals surface area contributed by atoms with Crippen LogP contribution in [-0.4, -0.2) is 39.6 Å². The SMILES string of the molecule is O=C(O)CCC1(CCC(=O)O)C(=O)N(c2ccccc2)C(=O)N1c1ccccc1. The van der Waals surface area contributed by atoms with Crippen molar-refractivity contribution in [3.63, 3.8) is 0 Å². The molecule has 0 spiro atoms. The number of nitrogens with zero attached hydrogens (tertiary/aromatic N) is 2. The summed E-state index contributed by atoms with van der Waals surface area (Å²) in [7, 11) is 0. The van der Waals surface area contributed by atoms with Crippen molar-refractivity contribution in [2.45, 2.75) is 31.2 Å². The maximum absolute atomic E-state index is 13.5. The molecule has 1 aliphatic heterocycles. The van der Waals surface area contributed by atoms with E-state index in [0.29, 0.717) is 11.4 Å². The van der Waals surface area contributed by atoms with Gasteiger partial charge in [0, 0.05) is 18.5 Å². The molecule has 2 aromatic rings. The van der Waals surface area contributed by atoms with E-state index in [1.807, 2.05) is 0 Å². The summed E-state index contributed by atoms with van der Waals surface area (Å²) < 4.78 is 0. The lowest BCUT2D eigenvalue weighted by molar-refractivity contribution is -0.137. The third kappa shape index (κ3) is 3.82. The average Bonchev–Trinajstić information content (AvgIpc) is 2.93. The molecule has 0 saturated carbocycles. The van der Waals surface area contributed by atoms with Crippen LogP contribution in [0.3, 0.4) is 0 Å². The summed E-state index contributed by atoms with van der Waals surface area (Å²) in [6.45, 7) is 0. The Kier molecular flexibility index (Phi) is 5.63. The first-order valence-electron chi connectivity index (χ1n) is 9.09. The Hall–Kier alpha value is -3.68. The quantitative estimate of drug-likeness (QED) is 0.663. The molecule has 3 rings (SSSR count). The number of anilines is 2. The van der Waals surface area contributed by atoms with Gasteiger partial charge in [-0.3, -0.25) is 19.3 Å². The molecule has 2 N–H and O–H groups in total. The number of urea groups is 1. The number of carbonyl (C=O) groups is 4. The van der Waals surface area contributed by atoms with Gasteiger partial charge in [0.15, 0.2) is 0 Å². The lowest BCUT2D eigenvalue weighted by Crippen LogP contribution is -2.50. The molecule has 0 unspecified atom stereocenters. The van der Waals surface area contributed by atoms with Crippen molar-refractivity contribution in [2.75, 3.05) is 9.80 Å². The second-order valence-corrected chi connectivity index (χ2v) is 6.75. The fourth-order valence-corrected chi connectivity index (χ4v) is 3.60. The highest BCUT2D eigenvalue weighted by Crippen LogP contribution is 2.41. The van der Waals surface area contributed by atoms with Crippen LogP contribution >= 0.6 is 0 Å². The summed E-state index contributed by atoms with van der Waals surface area (Å²) in [4.78, 5) is 51.7. The molecule has 1 saturated heterocycles. The molecular formula is C21H20N2O6. The lowest BCUT2D eigenvalue weighted by Gasteiger charge is -2.34. The van der Waals surface area contributed by atoms with Crippen LogP contribution in [0.2, 0.25) is 0 Å². The molecule has 29 heavy (non-hydrogen) atoms. The maximum atomic E-state index is 13.5. The van der Waals surface area contributed by atoms with E-state index in [1.165, 1.54) is 4.90 Å². The summed E-state index contributed by atoms with van der Waals surface area (Å²) in [6, 6.07) is 16.1. The van der Waals surface area contributed by atoms with Crippen LogP contribution in [0, 0.1) is 0 Å². The highest BCUT2D eigenvalue weighted by Gasteiger charge is 2.58. The van der Waals surface area contributed by atoms with Crippen LogP contribution in [0.1, 0.15) is 25.7 Å². The van der Waals surface area contributed by atoms with E-state index in [2.05, 4.69) is 0 Å². The maximum Gasteiger partial charge on any atom is 0.336 e. The molecule has 0 atom stereocenters. The van der Waals surface area contributed by atoms with Crippen LogP contribution in [0.4, 0.5) is 16.2 Å². The number of rotatable bonds is 8. The number of amides is 3. The average molecular weight is 396 g/mol. The minimum atomic E-state index is -1.61. The predicted octanol–water partition coefficient (Wildman–Crippen LogP) is 3.13. The first-order chi connectivity index (χ1) is 13.9. The van der Waals surface area contributed by atoms with Crippen LogP contribution in [0.15, 0.2) is 60.7 Å². The number of benzene rings is 2. The number of aliphatic carboxylic acids is 2. The smallest absolute Gasteiger partial charge is 0.336 e. The Morgan fingerprint density at radius 1 is 0.759 bits per heavy atom. The molecule has 2 aromatic carbocycles. The Morgan fingerprint density at radius 2 is 1.21 bits per heavy atom. The summed E-state index contributed by atoms with van der Waals surface area (Å²) in [5, 5.41) is 18.4. The van der Waals surface area contributed by atoms with Gasteiger partial charge in [0.2, 0.25) is 0 Å². The number of carbonyl (C=O) groups excluding carboxylic acids is 2. The molecule has 0 aromatic heterocycles. The van der Waals surface area contributed by atoms with Crippen molar-refractivity contribution in [1.82, 2.24) is 0 Å². The molecule has 1 heterocycles. The molecule has 0 radical (unpaired) electrons. The monoisotopic (exact) mass is 396 g/mol. The zero-order chi connectivity index (χ0) is 21.0. The van der Waals surface area contributed by atoms with Gasteiger partial charge in [0.25, 0.3) is 5.91 Å². The van der Waals surface area contributed by atoms with E-state index >= 15 is 0 Å². The third-order valence-corrected chi connectivity index (χ3v) is 4.95. The van der Waals surface area contributed by atoms with Crippen molar-refractivity contribution in [3.05, 3.63) is 60.7 Å². The lowest BCUT2D eigenvalue weighted by atomic mass is 9.86. The van der Waals surface area contributed by atoms with Gasteiger partial charge < -0.3 is 10.2 Å². The zero-order valence-corrected chi connectivity index (χ0v) is 15.5. The topological polar surface area (TPSA) is 115 Å². The largest absolute Gasteiger partial charge is 0.481 e. The minimum absolute atomic E-state index is 0.196. The van der Waals surface area contributed by atoms with E-state index < -0.39 is 29.4 Å². The predicted molar refractivity (Wildman–Crippen MR) is 105 cm³/mol. The minimum Gasteiger partial charge on any atom is -0.481 e. The number of carboxylic acid groups (broad SMARTS) is 2. The van der Waals surface area contributed by atoms with Gasteiger partial charge in [-0.1, -0.05) is 36.4 Å². The second-order valence-electron chi connectivity index (χ2n) is 6.75. The van der Waals surface area contributed by atoms with Crippen molar-refractivity contribution < 1.29 is 29.4 Å². The standard InChI is InChI=1S/C21H20N2O6/c24-17(25)11-13-21(14-12-18(26)27)19(28)22(15-7-3-1-4-8-15)20(29)23(21)16-9-5-2-6-10-16/h1-10H,11-14H2,(H,24,25)(H,26,27). The number of para-hydroxylation sites is 2. The van der Waals surface area contributed by atoms with E-state index in [-0.39, 0.29) is 25.7 Å². The second kappa shape index (κ2) is 8.14. The van der Waals surface area contributed by atoms with Gasteiger partial charge in [-0.2, -0.15) is 0 Å². The fourth-order valence-electron chi connectivity index (χ4n) is 3.60. The Morgan fingerprint density at radius 3 is 1.66 bits per heavy atom. The van der Waals surface area contributed by atoms with E-state index in [0.717, 1.165) is 4.90 Å². The molecule has 0 bridgehead atoms. The Balaban J connectivity index is 2.15. The summed E-state index contributed by atoms with van der Waals surface area (Å²) in [5.74, 6) is -2.89. The van der Waals surface area contributed by atoms with Crippen molar-refractivity contribution >= 4 is 35.3 Å². The van der Waals surface area contributed by atoms with E-state index in [9.17, 15) is 29.4 Å². The van der Waals surface area contributed by atoms with Crippen LogP contribution in [-0.2, 0) is 14.4 Å². The Bertz CT molecular complexity index is 911. The molecule has 1 aliphatic rings. The summed E-state index contributed by atoms with van der Waals surface area (Å²) in [5.41, 5.74) is -0.860. The van der Waals surface area contributed by atoms with Crippen LogP contribution in [0.25, 0.3) is 0 Å². The third-order valence-electron chi connectivity index (χ3n) is 4.95. The molecule has 0 aliphatic carbocycles. The molecule has 8 heteroatoms. The molecule has 3 amide bonds. The number of hydrogen-bond donors (Lipinski definition) is 2. The van der Waals surface area contributed by atoms with Gasteiger partial charge in [-0.05, 0) is 37.1 Å². The first-order valence-corrected chi connectivity index (χ1v) is 9.09. The van der Waals surface area contributed by atoms with E-state index in [4.69, 9.17) is 0 Å². The van der Waals surface area contributed by atoms with Crippen molar-refractivity contribution in [2.24, 2.45) is 0 Å². The highest BCUT2D eigenvalue weighted by atomic mass is 16.4. The molecular weight excluding hydrogens is 376 g/mol. The van der Waals surface area contributed by atoms with Crippen LogP contribution < -0.4 is 9.80 Å². The molecule has 150 valence electrons. The van der Waals surface area contributed by atoms with Crippen molar-refractivity contribution in [1.29, 1.82) is 0 Å². The Labute approximate surface area is 167 Å².